The van der Waals surface area contributed by atoms with Crippen LogP contribution in [0.4, 0.5) is 0 Å². The van der Waals surface area contributed by atoms with Crippen LogP contribution in [-0.4, -0.2) is 42.7 Å². The molecular weight excluding hydrogens is 390 g/mol. The van der Waals surface area contributed by atoms with Crippen LogP contribution in [0.5, 0.6) is 5.75 Å². The second kappa shape index (κ2) is 12.5. The maximum atomic E-state index is 10.5. The van der Waals surface area contributed by atoms with E-state index >= 15 is 0 Å². The summed E-state index contributed by atoms with van der Waals surface area (Å²) in [5.41, 5.74) is 2.62. The number of likely N-dealkylation sites (tertiary alicyclic amines) is 1. The predicted molar refractivity (Wildman–Crippen MR) is 122 cm³/mol. The Kier molecular flexibility index (Phi) is 10.0. The highest BCUT2D eigenvalue weighted by molar-refractivity contribution is 5.63. The van der Waals surface area contributed by atoms with Crippen LogP contribution < -0.4 is 9.84 Å². The van der Waals surface area contributed by atoms with Gasteiger partial charge >= 0.3 is 0 Å². The van der Waals surface area contributed by atoms with Crippen LogP contribution in [0.1, 0.15) is 63.2 Å². The largest absolute Gasteiger partial charge is 0.550 e. The molecule has 1 aliphatic rings. The molecule has 1 N–H and O–H groups in total. The maximum absolute atomic E-state index is 10.5. The zero-order valence-corrected chi connectivity index (χ0v) is 19.0. The zero-order chi connectivity index (χ0) is 22.7. The quantitative estimate of drug-likeness (QED) is 0.662. The standard InChI is InChI=1S/C23H31NO2.C3H6O2/c1-3-13-23(20-10-7-11-21(17-20)26-2)14-16-24(18-23)15-12-22(25)19-8-5-4-6-9-19;1-2-3(4)5/h4-11,17,22,25H,3,12-16,18H2,1-2H3;2H2,1H3,(H,4,5)/p-1. The van der Waals surface area contributed by atoms with E-state index in [1.54, 1.807) is 7.11 Å². The highest BCUT2D eigenvalue weighted by Gasteiger charge is 2.38. The Morgan fingerprint density at radius 1 is 1.19 bits per heavy atom. The van der Waals surface area contributed by atoms with Crippen LogP contribution in [0.15, 0.2) is 54.6 Å². The van der Waals surface area contributed by atoms with Crippen LogP contribution in [0, 0.1) is 0 Å². The summed E-state index contributed by atoms with van der Waals surface area (Å²) in [6.45, 7) is 6.90. The number of carboxylic acids is 1. The number of carbonyl (C=O) groups excluding carboxylic acids is 1. The van der Waals surface area contributed by atoms with E-state index in [9.17, 15) is 15.0 Å². The van der Waals surface area contributed by atoms with Gasteiger partial charge in [-0.1, -0.05) is 62.7 Å². The summed E-state index contributed by atoms with van der Waals surface area (Å²) in [5.74, 6) is -0.0547. The minimum atomic E-state index is -0.995. The molecule has 0 spiro atoms. The van der Waals surface area contributed by atoms with Crippen LogP contribution in [-0.2, 0) is 10.2 Å². The Bertz CT molecular complexity index is 795. The Morgan fingerprint density at radius 2 is 1.90 bits per heavy atom. The fourth-order valence-electron chi connectivity index (χ4n) is 4.31. The second-order valence-corrected chi connectivity index (χ2v) is 8.23. The maximum Gasteiger partial charge on any atom is 0.119 e. The van der Waals surface area contributed by atoms with Crippen LogP contribution in [0.25, 0.3) is 0 Å². The third-order valence-electron chi connectivity index (χ3n) is 6.04. The minimum absolute atomic E-state index is 0.111. The fraction of sp³-hybridized carbons (Fsp3) is 0.500. The number of aliphatic hydroxyl groups is 1. The van der Waals surface area contributed by atoms with E-state index in [4.69, 9.17) is 4.74 Å². The molecule has 1 saturated heterocycles. The third-order valence-corrected chi connectivity index (χ3v) is 6.04. The average Bonchev–Trinajstić information content (AvgIpc) is 3.23. The summed E-state index contributed by atoms with van der Waals surface area (Å²) in [4.78, 5) is 11.8. The van der Waals surface area contributed by atoms with E-state index in [0.29, 0.717) is 0 Å². The van der Waals surface area contributed by atoms with Gasteiger partial charge in [-0.05, 0) is 55.5 Å². The average molecular weight is 427 g/mol. The van der Waals surface area contributed by atoms with Crippen LogP contribution in [0.2, 0.25) is 0 Å². The molecule has 2 atom stereocenters. The normalized spacial score (nSPS) is 19.4. The molecule has 2 aromatic carbocycles. The summed E-state index contributed by atoms with van der Waals surface area (Å²) >= 11 is 0. The molecule has 3 rings (SSSR count). The first-order chi connectivity index (χ1) is 14.9. The Hall–Kier alpha value is -2.37. The number of hydrogen-bond acceptors (Lipinski definition) is 5. The van der Waals surface area contributed by atoms with Gasteiger partial charge in [-0.25, -0.2) is 0 Å². The van der Waals surface area contributed by atoms with Crippen molar-refractivity contribution in [3.05, 3.63) is 65.7 Å². The monoisotopic (exact) mass is 426 g/mol. The molecular formula is C26H36NO4-. The molecule has 1 aliphatic heterocycles. The molecule has 0 saturated carbocycles. The van der Waals surface area contributed by atoms with Crippen LogP contribution in [0.3, 0.4) is 0 Å². The van der Waals surface area contributed by atoms with Gasteiger partial charge in [0, 0.05) is 24.5 Å². The molecule has 0 radical (unpaired) electrons. The van der Waals surface area contributed by atoms with E-state index in [1.807, 2.05) is 36.4 Å². The first kappa shape index (κ1) is 24.9. The van der Waals surface area contributed by atoms with E-state index in [0.717, 1.165) is 37.4 Å². The molecule has 2 aromatic rings. The van der Waals surface area contributed by atoms with Gasteiger partial charge in [0.05, 0.1) is 13.2 Å². The van der Waals surface area contributed by atoms with Gasteiger partial charge in [-0.15, -0.1) is 0 Å². The van der Waals surface area contributed by atoms with Crippen molar-refractivity contribution in [2.45, 2.75) is 57.5 Å². The molecule has 5 heteroatoms. The van der Waals surface area contributed by atoms with Crippen LogP contribution >= 0.6 is 0 Å². The summed E-state index contributed by atoms with van der Waals surface area (Å²) in [6.07, 6.45) is 4.06. The van der Waals surface area contributed by atoms with Gasteiger partial charge in [0.2, 0.25) is 0 Å². The van der Waals surface area contributed by atoms with Crippen molar-refractivity contribution in [1.29, 1.82) is 0 Å². The van der Waals surface area contributed by atoms with E-state index in [1.165, 1.54) is 31.7 Å². The van der Waals surface area contributed by atoms with Crippen molar-refractivity contribution in [1.82, 2.24) is 4.90 Å². The Morgan fingerprint density at radius 3 is 2.52 bits per heavy atom. The number of aliphatic hydroxyl groups excluding tert-OH is 1. The van der Waals surface area contributed by atoms with E-state index in [2.05, 4.69) is 30.0 Å². The van der Waals surface area contributed by atoms with Crippen molar-refractivity contribution in [3.8, 4) is 5.75 Å². The second-order valence-electron chi connectivity index (χ2n) is 8.23. The van der Waals surface area contributed by atoms with E-state index < -0.39 is 5.97 Å². The van der Waals surface area contributed by atoms with Crippen molar-refractivity contribution < 1.29 is 19.7 Å². The summed E-state index contributed by atoms with van der Waals surface area (Å²) in [6, 6.07) is 18.6. The molecule has 170 valence electrons. The molecule has 5 nitrogen and oxygen atoms in total. The fourth-order valence-corrected chi connectivity index (χ4v) is 4.31. The predicted octanol–water partition coefficient (Wildman–Crippen LogP) is 3.71. The first-order valence-electron chi connectivity index (χ1n) is 11.2. The number of nitrogens with zero attached hydrogens (tertiary/aromatic N) is 1. The number of aliphatic carboxylic acids is 1. The molecule has 0 amide bonds. The molecule has 1 fully saturated rings. The molecule has 0 bridgehead atoms. The minimum Gasteiger partial charge on any atom is -0.550 e. The van der Waals surface area contributed by atoms with Crippen molar-refractivity contribution >= 4 is 5.97 Å². The van der Waals surface area contributed by atoms with Gasteiger partial charge in [0.25, 0.3) is 0 Å². The number of benzene rings is 2. The van der Waals surface area contributed by atoms with Gasteiger partial charge in [-0.2, -0.15) is 0 Å². The lowest BCUT2D eigenvalue weighted by Gasteiger charge is -2.30. The lowest BCUT2D eigenvalue weighted by Crippen LogP contribution is -2.32. The van der Waals surface area contributed by atoms with E-state index in [-0.39, 0.29) is 17.9 Å². The third kappa shape index (κ3) is 7.37. The number of carbonyl (C=O) groups is 1. The lowest BCUT2D eigenvalue weighted by atomic mass is 9.76. The molecule has 1 heterocycles. The Labute approximate surface area is 186 Å². The summed E-state index contributed by atoms with van der Waals surface area (Å²) in [7, 11) is 1.73. The summed E-state index contributed by atoms with van der Waals surface area (Å²) < 4.78 is 5.45. The molecule has 31 heavy (non-hydrogen) atoms. The zero-order valence-electron chi connectivity index (χ0n) is 19.0. The highest BCUT2D eigenvalue weighted by Crippen LogP contribution is 2.40. The number of methoxy groups -OCH3 is 1. The molecule has 0 aliphatic carbocycles. The SMILES string of the molecule is CCC(=O)[O-].CCCC1(c2cccc(OC)c2)CCN(CCC(O)c2ccccc2)C1. The highest BCUT2D eigenvalue weighted by atomic mass is 16.5. The van der Waals surface area contributed by atoms with Crippen molar-refractivity contribution in [3.63, 3.8) is 0 Å². The smallest absolute Gasteiger partial charge is 0.119 e. The topological polar surface area (TPSA) is 72.8 Å². The number of hydrogen-bond donors (Lipinski definition) is 1. The molecule has 2 unspecified atom stereocenters. The Balaban J connectivity index is 0.000000614. The van der Waals surface area contributed by atoms with Crippen molar-refractivity contribution in [2.24, 2.45) is 0 Å². The first-order valence-corrected chi connectivity index (χ1v) is 11.2. The van der Waals surface area contributed by atoms with Gasteiger partial charge in [0.1, 0.15) is 5.75 Å². The van der Waals surface area contributed by atoms with Gasteiger partial charge in [-0.3, -0.25) is 0 Å². The lowest BCUT2D eigenvalue weighted by molar-refractivity contribution is -0.305. The van der Waals surface area contributed by atoms with Gasteiger partial charge < -0.3 is 24.6 Å². The number of rotatable bonds is 9. The molecule has 0 aromatic heterocycles. The summed E-state index contributed by atoms with van der Waals surface area (Å²) in [5, 5.41) is 19.7. The van der Waals surface area contributed by atoms with Gasteiger partial charge in [0.15, 0.2) is 0 Å². The van der Waals surface area contributed by atoms with Crippen molar-refractivity contribution in [2.75, 3.05) is 26.7 Å². The number of carboxylic acid groups (broad SMARTS) is 1. The number of ether oxygens (including phenoxy) is 1.